The molecule has 0 fully saturated rings. The Balaban J connectivity index is 1.57. The van der Waals surface area contributed by atoms with Gasteiger partial charge in [0, 0.05) is 18.5 Å². The summed E-state index contributed by atoms with van der Waals surface area (Å²) >= 11 is 1.75. The van der Waals surface area contributed by atoms with Crippen molar-refractivity contribution in [3.63, 3.8) is 0 Å². The summed E-state index contributed by atoms with van der Waals surface area (Å²) in [5.74, 6) is 1.78. The molecule has 0 atom stereocenters. The van der Waals surface area contributed by atoms with Gasteiger partial charge < -0.3 is 14.8 Å². The van der Waals surface area contributed by atoms with Gasteiger partial charge in [0.15, 0.2) is 11.5 Å². The fourth-order valence-corrected chi connectivity index (χ4v) is 2.99. The summed E-state index contributed by atoms with van der Waals surface area (Å²) in [7, 11) is 0. The number of nitrogens with one attached hydrogen (secondary N) is 1. The molecule has 0 saturated carbocycles. The van der Waals surface area contributed by atoms with Gasteiger partial charge in [-0.2, -0.15) is 11.3 Å². The summed E-state index contributed by atoms with van der Waals surface area (Å²) in [6, 6.07) is 8.29. The van der Waals surface area contributed by atoms with E-state index in [0.717, 1.165) is 50.6 Å². The first kappa shape index (κ1) is 13.5. The van der Waals surface area contributed by atoms with Crippen LogP contribution in [0.3, 0.4) is 0 Å². The number of benzene rings is 1. The molecule has 3 nitrogen and oxygen atoms in total. The van der Waals surface area contributed by atoms with Crippen LogP contribution in [0, 0.1) is 0 Å². The smallest absolute Gasteiger partial charge is 0.165 e. The van der Waals surface area contributed by atoms with Gasteiger partial charge in [0.25, 0.3) is 0 Å². The Hall–Kier alpha value is -1.52. The van der Waals surface area contributed by atoms with Crippen molar-refractivity contribution in [3.05, 3.63) is 46.2 Å². The second-order valence-corrected chi connectivity index (χ2v) is 5.63. The molecule has 1 N–H and O–H groups in total. The van der Waals surface area contributed by atoms with Crippen LogP contribution in [0.15, 0.2) is 35.0 Å². The molecule has 1 aliphatic heterocycles. The van der Waals surface area contributed by atoms with Crippen LogP contribution in [0.5, 0.6) is 11.5 Å². The maximum absolute atomic E-state index is 5.82. The monoisotopic (exact) mass is 289 g/mol. The highest BCUT2D eigenvalue weighted by atomic mass is 32.1. The first-order valence-corrected chi connectivity index (χ1v) is 7.97. The van der Waals surface area contributed by atoms with Crippen molar-refractivity contribution in [2.24, 2.45) is 0 Å². The molecule has 20 heavy (non-hydrogen) atoms. The average molecular weight is 289 g/mol. The SMILES string of the molecule is c1cc(CNCCc2ccsc2)c2c(c1)OCCCO2. The molecule has 1 aliphatic rings. The molecular formula is C16H19NO2S. The fourth-order valence-electron chi connectivity index (χ4n) is 2.28. The van der Waals surface area contributed by atoms with Gasteiger partial charge in [-0.25, -0.2) is 0 Å². The molecular weight excluding hydrogens is 270 g/mol. The van der Waals surface area contributed by atoms with E-state index in [1.54, 1.807) is 11.3 Å². The topological polar surface area (TPSA) is 30.5 Å². The molecule has 0 aliphatic carbocycles. The zero-order valence-electron chi connectivity index (χ0n) is 11.4. The van der Waals surface area contributed by atoms with Crippen molar-refractivity contribution in [2.75, 3.05) is 19.8 Å². The minimum Gasteiger partial charge on any atom is -0.490 e. The Morgan fingerprint density at radius 2 is 2.10 bits per heavy atom. The van der Waals surface area contributed by atoms with Crippen molar-refractivity contribution < 1.29 is 9.47 Å². The number of para-hydroxylation sites is 1. The lowest BCUT2D eigenvalue weighted by atomic mass is 10.1. The van der Waals surface area contributed by atoms with Crippen molar-refractivity contribution in [3.8, 4) is 11.5 Å². The molecule has 0 amide bonds. The van der Waals surface area contributed by atoms with Crippen molar-refractivity contribution >= 4 is 11.3 Å². The summed E-state index contributed by atoms with van der Waals surface area (Å²) in [5, 5.41) is 7.80. The van der Waals surface area contributed by atoms with Crippen LogP contribution in [0.4, 0.5) is 0 Å². The van der Waals surface area contributed by atoms with Crippen LogP contribution < -0.4 is 14.8 Å². The van der Waals surface area contributed by atoms with Gasteiger partial charge in [0.1, 0.15) is 0 Å². The highest BCUT2D eigenvalue weighted by Gasteiger charge is 2.13. The van der Waals surface area contributed by atoms with Crippen LogP contribution in [-0.2, 0) is 13.0 Å². The number of rotatable bonds is 5. The molecule has 3 rings (SSSR count). The fraction of sp³-hybridized carbons (Fsp3) is 0.375. The molecule has 106 valence electrons. The molecule has 0 unspecified atom stereocenters. The standard InChI is InChI=1S/C16H19NO2S/c1-3-14(11-17-7-5-13-6-10-20-12-13)16-15(4-1)18-8-2-9-19-16/h1,3-4,6,10,12,17H,2,5,7-9,11H2. The van der Waals surface area contributed by atoms with E-state index >= 15 is 0 Å². The van der Waals surface area contributed by atoms with Gasteiger partial charge in [-0.05, 0) is 41.4 Å². The van der Waals surface area contributed by atoms with Crippen LogP contribution in [0.2, 0.25) is 0 Å². The van der Waals surface area contributed by atoms with E-state index in [0.29, 0.717) is 0 Å². The maximum atomic E-state index is 5.82. The highest BCUT2D eigenvalue weighted by Crippen LogP contribution is 2.33. The minimum absolute atomic E-state index is 0.735. The van der Waals surface area contributed by atoms with Crippen molar-refractivity contribution in [1.82, 2.24) is 5.32 Å². The molecule has 2 aromatic rings. The molecule has 0 spiro atoms. The Bertz CT molecular complexity index is 539. The maximum Gasteiger partial charge on any atom is 0.165 e. The molecule has 0 bridgehead atoms. The predicted octanol–water partition coefficient (Wildman–Crippen LogP) is 3.24. The summed E-state index contributed by atoms with van der Waals surface area (Å²) in [5.41, 5.74) is 2.57. The van der Waals surface area contributed by atoms with Gasteiger partial charge in [-0.3, -0.25) is 0 Å². The van der Waals surface area contributed by atoms with Gasteiger partial charge >= 0.3 is 0 Å². The second-order valence-electron chi connectivity index (χ2n) is 4.85. The molecule has 0 saturated heterocycles. The van der Waals surface area contributed by atoms with E-state index in [-0.39, 0.29) is 0 Å². The zero-order valence-corrected chi connectivity index (χ0v) is 12.2. The lowest BCUT2D eigenvalue weighted by Crippen LogP contribution is -2.17. The second kappa shape index (κ2) is 6.77. The number of ether oxygens (including phenoxy) is 2. The Labute approximate surface area is 123 Å². The van der Waals surface area contributed by atoms with E-state index in [1.165, 1.54) is 11.1 Å². The summed E-state index contributed by atoms with van der Waals surface area (Å²) < 4.78 is 11.5. The Kier molecular flexibility index (Phi) is 4.56. The molecule has 4 heteroatoms. The lowest BCUT2D eigenvalue weighted by Gasteiger charge is -2.12. The largest absolute Gasteiger partial charge is 0.490 e. The van der Waals surface area contributed by atoms with E-state index in [2.05, 4.69) is 28.2 Å². The summed E-state index contributed by atoms with van der Waals surface area (Å²) in [4.78, 5) is 0. The van der Waals surface area contributed by atoms with E-state index in [1.807, 2.05) is 12.1 Å². The van der Waals surface area contributed by atoms with Crippen LogP contribution in [0.1, 0.15) is 17.5 Å². The van der Waals surface area contributed by atoms with Gasteiger partial charge in [-0.1, -0.05) is 12.1 Å². The molecule has 0 radical (unpaired) electrons. The summed E-state index contributed by atoms with van der Waals surface area (Å²) in [6.45, 7) is 3.26. The van der Waals surface area contributed by atoms with E-state index in [9.17, 15) is 0 Å². The number of thiophene rings is 1. The Morgan fingerprint density at radius 3 is 3.00 bits per heavy atom. The van der Waals surface area contributed by atoms with Crippen molar-refractivity contribution in [2.45, 2.75) is 19.4 Å². The van der Waals surface area contributed by atoms with Gasteiger partial charge in [0.05, 0.1) is 13.2 Å². The molecule has 1 aromatic heterocycles. The average Bonchev–Trinajstić information content (AvgIpc) is 2.87. The molecule has 1 aromatic carbocycles. The van der Waals surface area contributed by atoms with E-state index in [4.69, 9.17) is 9.47 Å². The quantitative estimate of drug-likeness (QED) is 0.857. The Morgan fingerprint density at radius 1 is 1.15 bits per heavy atom. The third-order valence-electron chi connectivity index (χ3n) is 3.34. The third kappa shape index (κ3) is 3.32. The number of hydrogen-bond donors (Lipinski definition) is 1. The van der Waals surface area contributed by atoms with E-state index < -0.39 is 0 Å². The number of fused-ring (bicyclic) bond motifs is 1. The highest BCUT2D eigenvalue weighted by molar-refractivity contribution is 7.07. The zero-order chi connectivity index (χ0) is 13.6. The van der Waals surface area contributed by atoms with Crippen LogP contribution in [0.25, 0.3) is 0 Å². The predicted molar refractivity (Wildman–Crippen MR) is 81.8 cm³/mol. The van der Waals surface area contributed by atoms with Gasteiger partial charge in [0.2, 0.25) is 0 Å². The first-order valence-electron chi connectivity index (χ1n) is 7.03. The first-order chi connectivity index (χ1) is 9.93. The van der Waals surface area contributed by atoms with Crippen LogP contribution in [-0.4, -0.2) is 19.8 Å². The molecule has 2 heterocycles. The minimum atomic E-state index is 0.735. The number of hydrogen-bond acceptors (Lipinski definition) is 4. The van der Waals surface area contributed by atoms with Crippen molar-refractivity contribution in [1.29, 1.82) is 0 Å². The normalized spacial score (nSPS) is 14.0. The third-order valence-corrected chi connectivity index (χ3v) is 4.07. The van der Waals surface area contributed by atoms with Crippen LogP contribution >= 0.6 is 11.3 Å². The lowest BCUT2D eigenvalue weighted by molar-refractivity contribution is 0.296. The van der Waals surface area contributed by atoms with Gasteiger partial charge in [-0.15, -0.1) is 0 Å². The summed E-state index contributed by atoms with van der Waals surface area (Å²) in [6.07, 6.45) is 2.01.